The Hall–Kier alpha value is -4.18. The molecule has 3 rings (SSSR count). The van der Waals surface area contributed by atoms with Crippen molar-refractivity contribution >= 4 is 29.7 Å². The number of hydrogen-bond donors (Lipinski definition) is 1. The van der Waals surface area contributed by atoms with Gasteiger partial charge >= 0.3 is 18.2 Å². The second kappa shape index (κ2) is 13.3. The second-order valence-electron chi connectivity index (χ2n) is 10.5. The van der Waals surface area contributed by atoms with E-state index in [1.807, 2.05) is 0 Å². The number of quaternary nitrogens is 1. The van der Waals surface area contributed by atoms with Gasteiger partial charge in [0.2, 0.25) is 5.84 Å². The highest BCUT2D eigenvalue weighted by Gasteiger charge is 2.46. The predicted molar refractivity (Wildman–Crippen MR) is 153 cm³/mol. The van der Waals surface area contributed by atoms with Crippen molar-refractivity contribution in [2.45, 2.75) is 59.0 Å². The van der Waals surface area contributed by atoms with E-state index in [0.29, 0.717) is 29.4 Å². The third-order valence-electron chi connectivity index (χ3n) is 6.16. The first-order valence-corrected chi connectivity index (χ1v) is 13.3. The molecule has 2 aromatic carbocycles. The summed E-state index contributed by atoms with van der Waals surface area (Å²) in [5.41, 5.74) is 0.115. The maximum absolute atomic E-state index is 12.6. The molecule has 0 saturated heterocycles. The highest BCUT2D eigenvalue weighted by Crippen LogP contribution is 2.32. The first-order chi connectivity index (χ1) is 19.0. The Morgan fingerprint density at radius 3 is 2.23 bits per heavy atom. The van der Waals surface area contributed by atoms with Gasteiger partial charge in [0.1, 0.15) is 23.3 Å². The molecular formula is C30H38N3O7+. The smallest absolute Gasteiger partial charge is 0.494 e. The number of benzene rings is 2. The van der Waals surface area contributed by atoms with Crippen LogP contribution in [-0.4, -0.2) is 59.8 Å². The number of unbranched alkanes of at least 4 members (excludes halogenated alkanes) is 2. The maximum atomic E-state index is 12.6. The van der Waals surface area contributed by atoms with Gasteiger partial charge < -0.3 is 24.2 Å². The molecule has 2 amide bonds. The lowest BCUT2D eigenvalue weighted by molar-refractivity contribution is 0.0302. The van der Waals surface area contributed by atoms with Crippen molar-refractivity contribution in [2.75, 3.05) is 20.2 Å². The summed E-state index contributed by atoms with van der Waals surface area (Å²) in [5, 5.41) is 10.2. The first-order valence-electron chi connectivity index (χ1n) is 13.3. The molecule has 0 fully saturated rings. The Labute approximate surface area is 235 Å². The average Bonchev–Trinajstić information content (AvgIpc) is 3.34. The van der Waals surface area contributed by atoms with Gasteiger partial charge in [0.25, 0.3) is 0 Å². The number of aliphatic imine (C=N–C) groups is 1. The lowest BCUT2D eigenvalue weighted by atomic mass is 10.2. The fourth-order valence-corrected chi connectivity index (χ4v) is 4.00. The molecule has 1 unspecified atom stereocenters. The molecule has 0 saturated carbocycles. The standard InChI is InChI=1S/C30H37N3O7/c1-6-7-8-21-38-24-13-9-22(10-14-24)27(34)39-25-15-11-23(12-16-25)33(29(36)37)20-18-31-26(33)17-19-32(5)28(35)40-30(2,3)4/h9-16,18,20H,6-8,17,19,21H2,1-5H3/p+1. The molecule has 1 N–H and O–H groups in total. The van der Waals surface area contributed by atoms with Gasteiger partial charge in [-0.25, -0.2) is 14.6 Å². The van der Waals surface area contributed by atoms with E-state index in [9.17, 15) is 19.5 Å². The van der Waals surface area contributed by atoms with Crippen molar-refractivity contribution in [3.8, 4) is 11.5 Å². The molecule has 10 heteroatoms. The maximum Gasteiger partial charge on any atom is 0.529 e. The zero-order valence-electron chi connectivity index (χ0n) is 23.8. The molecule has 1 atom stereocenters. The Morgan fingerprint density at radius 1 is 0.975 bits per heavy atom. The van der Waals surface area contributed by atoms with Crippen LogP contribution < -0.4 is 14.0 Å². The monoisotopic (exact) mass is 552 g/mol. The van der Waals surface area contributed by atoms with Gasteiger partial charge in [-0.1, -0.05) is 19.8 Å². The van der Waals surface area contributed by atoms with E-state index in [-0.39, 0.29) is 18.7 Å². The van der Waals surface area contributed by atoms with Crippen LogP contribution in [0.15, 0.2) is 65.9 Å². The molecule has 0 aliphatic carbocycles. The molecule has 0 radical (unpaired) electrons. The summed E-state index contributed by atoms with van der Waals surface area (Å²) >= 11 is 0. The quantitative estimate of drug-likeness (QED) is 0.145. The largest absolute Gasteiger partial charge is 0.529 e. The van der Waals surface area contributed by atoms with Gasteiger partial charge in [0.05, 0.1) is 24.8 Å². The van der Waals surface area contributed by atoms with Gasteiger partial charge in [0.15, 0.2) is 5.69 Å². The van der Waals surface area contributed by atoms with Gasteiger partial charge in [0, 0.05) is 25.7 Å². The van der Waals surface area contributed by atoms with Crippen LogP contribution in [0.25, 0.3) is 0 Å². The lowest BCUT2D eigenvalue weighted by Crippen LogP contribution is -2.52. The summed E-state index contributed by atoms with van der Waals surface area (Å²) in [6.45, 7) is 8.29. The van der Waals surface area contributed by atoms with E-state index in [0.717, 1.165) is 19.3 Å². The molecular weight excluding hydrogens is 514 g/mol. The van der Waals surface area contributed by atoms with Crippen LogP contribution in [-0.2, 0) is 4.74 Å². The van der Waals surface area contributed by atoms with Gasteiger partial charge in [-0.15, -0.1) is 4.48 Å². The van der Waals surface area contributed by atoms with Crippen molar-refractivity contribution in [1.29, 1.82) is 0 Å². The number of hydrogen-bond acceptors (Lipinski definition) is 7. The molecule has 1 aliphatic rings. The number of amides is 2. The average molecular weight is 553 g/mol. The molecule has 0 aromatic heterocycles. The van der Waals surface area contributed by atoms with Gasteiger partial charge in [-0.3, -0.25) is 0 Å². The van der Waals surface area contributed by atoms with E-state index in [2.05, 4.69) is 11.9 Å². The van der Waals surface area contributed by atoms with E-state index in [1.165, 1.54) is 29.4 Å². The number of carbonyl (C=O) groups excluding carboxylic acids is 2. The number of rotatable bonds is 11. The minimum absolute atomic E-state index is 0.199. The molecule has 0 spiro atoms. The van der Waals surface area contributed by atoms with Crippen molar-refractivity contribution in [3.63, 3.8) is 0 Å². The van der Waals surface area contributed by atoms with E-state index >= 15 is 0 Å². The summed E-state index contributed by atoms with van der Waals surface area (Å²) < 4.78 is 15.9. The summed E-state index contributed by atoms with van der Waals surface area (Å²) in [6, 6.07) is 13.0. The highest BCUT2D eigenvalue weighted by molar-refractivity contribution is 6.11. The highest BCUT2D eigenvalue weighted by atomic mass is 16.6. The number of carbonyl (C=O) groups is 3. The summed E-state index contributed by atoms with van der Waals surface area (Å²) in [6.07, 6.45) is 4.62. The van der Waals surface area contributed by atoms with E-state index in [4.69, 9.17) is 14.2 Å². The normalized spacial score (nSPS) is 16.3. The number of carboxylic acid groups (broad SMARTS) is 1. The summed E-state index contributed by atoms with van der Waals surface area (Å²) in [4.78, 5) is 43.2. The topological polar surface area (TPSA) is 115 Å². The van der Waals surface area contributed by atoms with Crippen LogP contribution in [0, 0.1) is 0 Å². The van der Waals surface area contributed by atoms with Crippen LogP contribution in [0.3, 0.4) is 0 Å². The molecule has 40 heavy (non-hydrogen) atoms. The second-order valence-corrected chi connectivity index (χ2v) is 10.5. The number of ether oxygens (including phenoxy) is 3. The predicted octanol–water partition coefficient (Wildman–Crippen LogP) is 6.60. The fraction of sp³-hybridized carbons (Fsp3) is 0.400. The molecule has 1 aliphatic heterocycles. The van der Waals surface area contributed by atoms with Gasteiger partial charge in [-0.05, 0) is 63.6 Å². The minimum atomic E-state index is -1.16. The minimum Gasteiger partial charge on any atom is -0.494 e. The van der Waals surface area contributed by atoms with Gasteiger partial charge in [-0.2, -0.15) is 4.79 Å². The fourth-order valence-electron chi connectivity index (χ4n) is 4.00. The SMILES string of the molecule is CCCCCOc1ccc(C(=O)Oc2ccc([N+]3(C(=O)O)C=CN=C3CCN(C)C(=O)OC(C)(C)C)cc2)cc1. The lowest BCUT2D eigenvalue weighted by Gasteiger charge is -2.28. The zero-order chi connectivity index (χ0) is 29.3. The van der Waals surface area contributed by atoms with E-state index < -0.39 is 28.2 Å². The zero-order valence-corrected chi connectivity index (χ0v) is 23.8. The van der Waals surface area contributed by atoms with Crippen molar-refractivity contribution in [3.05, 3.63) is 66.5 Å². The van der Waals surface area contributed by atoms with Crippen LogP contribution in [0.4, 0.5) is 15.3 Å². The third kappa shape index (κ3) is 7.69. The Balaban J connectivity index is 1.65. The van der Waals surface area contributed by atoms with Crippen molar-refractivity contribution in [2.24, 2.45) is 4.99 Å². The molecule has 10 nitrogen and oxygen atoms in total. The summed E-state index contributed by atoms with van der Waals surface area (Å²) in [7, 11) is 1.59. The van der Waals surface area contributed by atoms with Crippen LogP contribution in [0.1, 0.15) is 63.7 Å². The van der Waals surface area contributed by atoms with Crippen molar-refractivity contribution < 1.29 is 33.7 Å². The molecule has 214 valence electrons. The molecule has 1 heterocycles. The van der Waals surface area contributed by atoms with Crippen LogP contribution >= 0.6 is 0 Å². The molecule has 0 bridgehead atoms. The summed E-state index contributed by atoms with van der Waals surface area (Å²) in [5.74, 6) is 0.738. The first kappa shape index (κ1) is 30.4. The third-order valence-corrected chi connectivity index (χ3v) is 6.16. The van der Waals surface area contributed by atoms with E-state index in [1.54, 1.807) is 64.2 Å². The Morgan fingerprint density at radius 2 is 1.62 bits per heavy atom. The molecule has 2 aromatic rings. The van der Waals surface area contributed by atoms with Crippen LogP contribution in [0.2, 0.25) is 0 Å². The Kier molecular flexibility index (Phi) is 10.1. The number of amidine groups is 1. The number of esters is 1. The Bertz CT molecular complexity index is 1250. The van der Waals surface area contributed by atoms with Crippen molar-refractivity contribution in [1.82, 2.24) is 9.38 Å². The number of nitrogens with zero attached hydrogens (tertiary/aromatic N) is 3. The van der Waals surface area contributed by atoms with Crippen LogP contribution in [0.5, 0.6) is 11.5 Å².